The van der Waals surface area contributed by atoms with Crippen molar-refractivity contribution in [1.82, 2.24) is 0 Å². The van der Waals surface area contributed by atoms with Gasteiger partial charge in [0, 0.05) is 5.69 Å². The summed E-state index contributed by atoms with van der Waals surface area (Å²) in [5.41, 5.74) is 8.97. The van der Waals surface area contributed by atoms with Gasteiger partial charge in [0.2, 0.25) is 0 Å². The Morgan fingerprint density at radius 3 is 2.47 bits per heavy atom. The summed E-state index contributed by atoms with van der Waals surface area (Å²) in [5.74, 6) is 0. The first-order chi connectivity index (χ1) is 7.27. The van der Waals surface area contributed by atoms with Gasteiger partial charge < -0.3 is 5.73 Å². The maximum atomic E-state index is 5.64. The fourth-order valence-corrected chi connectivity index (χ4v) is 1.37. The lowest BCUT2D eigenvalue weighted by Gasteiger charge is -2.04. The van der Waals surface area contributed by atoms with Crippen LogP contribution in [0.25, 0.3) is 5.57 Å². The highest BCUT2D eigenvalue weighted by Crippen LogP contribution is 2.19. The van der Waals surface area contributed by atoms with Crippen molar-refractivity contribution in [2.24, 2.45) is 0 Å². The second kappa shape index (κ2) is 5.86. The summed E-state index contributed by atoms with van der Waals surface area (Å²) in [6, 6.07) is 7.95. The SMILES string of the molecule is C=C/C=C\C=C(/CC)c1ccc(N)cc1. The maximum Gasteiger partial charge on any atom is 0.0314 e. The zero-order chi connectivity index (χ0) is 11.1. The zero-order valence-corrected chi connectivity index (χ0v) is 9.11. The molecule has 0 heterocycles. The number of hydrogen-bond donors (Lipinski definition) is 1. The molecular weight excluding hydrogens is 182 g/mol. The van der Waals surface area contributed by atoms with Crippen molar-refractivity contribution in [3.63, 3.8) is 0 Å². The van der Waals surface area contributed by atoms with E-state index < -0.39 is 0 Å². The molecule has 15 heavy (non-hydrogen) atoms. The highest BCUT2D eigenvalue weighted by atomic mass is 14.5. The summed E-state index contributed by atoms with van der Waals surface area (Å²) in [6.07, 6.45) is 8.81. The topological polar surface area (TPSA) is 26.0 Å². The molecule has 0 spiro atoms. The molecular formula is C14H17N. The van der Waals surface area contributed by atoms with Crippen molar-refractivity contribution in [2.45, 2.75) is 13.3 Å². The van der Waals surface area contributed by atoms with Crippen LogP contribution >= 0.6 is 0 Å². The molecule has 0 aliphatic carbocycles. The number of anilines is 1. The summed E-state index contributed by atoms with van der Waals surface area (Å²) in [4.78, 5) is 0. The van der Waals surface area contributed by atoms with Crippen LogP contribution in [0.5, 0.6) is 0 Å². The fraction of sp³-hybridized carbons (Fsp3) is 0.143. The lowest BCUT2D eigenvalue weighted by molar-refractivity contribution is 1.24. The van der Waals surface area contributed by atoms with Gasteiger partial charge in [-0.05, 0) is 29.7 Å². The third-order valence-electron chi connectivity index (χ3n) is 2.21. The minimum absolute atomic E-state index is 0.802. The zero-order valence-electron chi connectivity index (χ0n) is 9.11. The van der Waals surface area contributed by atoms with Gasteiger partial charge in [-0.15, -0.1) is 0 Å². The van der Waals surface area contributed by atoms with E-state index in [-0.39, 0.29) is 0 Å². The van der Waals surface area contributed by atoms with E-state index in [4.69, 9.17) is 5.73 Å². The summed E-state index contributed by atoms with van der Waals surface area (Å²) >= 11 is 0. The molecule has 0 saturated heterocycles. The molecule has 0 saturated carbocycles. The van der Waals surface area contributed by atoms with Crippen LogP contribution in [0, 0.1) is 0 Å². The number of nitrogen functional groups attached to an aromatic ring is 1. The molecule has 0 aliphatic heterocycles. The van der Waals surface area contributed by atoms with Gasteiger partial charge in [0.1, 0.15) is 0 Å². The minimum Gasteiger partial charge on any atom is -0.399 e. The van der Waals surface area contributed by atoms with E-state index in [2.05, 4.69) is 19.6 Å². The molecule has 1 heteroatoms. The standard InChI is InChI=1S/C14H17N/c1-3-5-6-7-12(4-2)13-8-10-14(15)11-9-13/h3,5-11H,1,4,15H2,2H3/b6-5-,12-7+. The van der Waals surface area contributed by atoms with E-state index in [1.54, 1.807) is 6.08 Å². The Hall–Kier alpha value is -1.76. The molecule has 0 atom stereocenters. The van der Waals surface area contributed by atoms with Crippen molar-refractivity contribution in [1.29, 1.82) is 0 Å². The lowest BCUT2D eigenvalue weighted by Crippen LogP contribution is -1.86. The molecule has 1 nitrogen and oxygen atoms in total. The van der Waals surface area contributed by atoms with Crippen LogP contribution in [0.4, 0.5) is 5.69 Å². The van der Waals surface area contributed by atoms with Gasteiger partial charge in [0.15, 0.2) is 0 Å². The van der Waals surface area contributed by atoms with E-state index in [0.29, 0.717) is 0 Å². The predicted molar refractivity (Wildman–Crippen MR) is 68.5 cm³/mol. The highest BCUT2D eigenvalue weighted by molar-refractivity contribution is 5.68. The summed E-state index contributed by atoms with van der Waals surface area (Å²) in [7, 11) is 0. The molecule has 2 N–H and O–H groups in total. The van der Waals surface area contributed by atoms with E-state index >= 15 is 0 Å². The Labute approximate surface area is 91.6 Å². The molecule has 0 bridgehead atoms. The minimum atomic E-state index is 0.802. The monoisotopic (exact) mass is 199 g/mol. The molecule has 0 radical (unpaired) electrons. The molecule has 0 amide bonds. The van der Waals surface area contributed by atoms with Gasteiger partial charge in [-0.2, -0.15) is 0 Å². The Kier molecular flexibility index (Phi) is 4.42. The van der Waals surface area contributed by atoms with Crippen LogP contribution < -0.4 is 5.73 Å². The number of rotatable bonds is 4. The molecule has 1 rings (SSSR count). The van der Waals surface area contributed by atoms with Crippen LogP contribution in [-0.4, -0.2) is 0 Å². The molecule has 1 aromatic carbocycles. The first-order valence-electron chi connectivity index (χ1n) is 5.12. The number of allylic oxidation sites excluding steroid dienone is 5. The Morgan fingerprint density at radius 2 is 1.93 bits per heavy atom. The highest BCUT2D eigenvalue weighted by Gasteiger charge is 1.96. The summed E-state index contributed by atoms with van der Waals surface area (Å²) in [5, 5.41) is 0. The number of hydrogen-bond acceptors (Lipinski definition) is 1. The number of nitrogens with two attached hydrogens (primary N) is 1. The second-order valence-corrected chi connectivity index (χ2v) is 3.29. The van der Waals surface area contributed by atoms with Gasteiger partial charge in [0.05, 0.1) is 0 Å². The third kappa shape index (κ3) is 3.47. The largest absolute Gasteiger partial charge is 0.399 e. The quantitative estimate of drug-likeness (QED) is 0.579. The van der Waals surface area contributed by atoms with Crippen LogP contribution in [0.3, 0.4) is 0 Å². The van der Waals surface area contributed by atoms with Gasteiger partial charge in [-0.1, -0.05) is 49.9 Å². The maximum absolute atomic E-state index is 5.64. The summed E-state index contributed by atoms with van der Waals surface area (Å²) in [6.45, 7) is 5.78. The Morgan fingerprint density at radius 1 is 1.27 bits per heavy atom. The average molecular weight is 199 g/mol. The van der Waals surface area contributed by atoms with Gasteiger partial charge in [-0.25, -0.2) is 0 Å². The Balaban J connectivity index is 2.91. The lowest BCUT2D eigenvalue weighted by atomic mass is 10.0. The first kappa shape index (κ1) is 11.3. The average Bonchev–Trinajstić information content (AvgIpc) is 2.26. The van der Waals surface area contributed by atoms with Crippen molar-refractivity contribution >= 4 is 11.3 Å². The fourth-order valence-electron chi connectivity index (χ4n) is 1.37. The van der Waals surface area contributed by atoms with Crippen LogP contribution in [0.15, 0.2) is 55.1 Å². The van der Waals surface area contributed by atoms with Gasteiger partial charge in [0.25, 0.3) is 0 Å². The number of benzene rings is 1. The Bertz CT molecular complexity index is 369. The normalized spacial score (nSPS) is 11.9. The summed E-state index contributed by atoms with van der Waals surface area (Å²) < 4.78 is 0. The van der Waals surface area contributed by atoms with Crippen molar-refractivity contribution in [3.8, 4) is 0 Å². The molecule has 0 aliphatic rings. The van der Waals surface area contributed by atoms with Gasteiger partial charge in [-0.3, -0.25) is 0 Å². The predicted octanol–water partition coefficient (Wildman–Crippen LogP) is 3.80. The van der Waals surface area contributed by atoms with Gasteiger partial charge >= 0.3 is 0 Å². The van der Waals surface area contributed by atoms with Crippen molar-refractivity contribution in [2.75, 3.05) is 5.73 Å². The van der Waals surface area contributed by atoms with Crippen LogP contribution in [0.2, 0.25) is 0 Å². The molecule has 78 valence electrons. The molecule has 0 fully saturated rings. The van der Waals surface area contributed by atoms with Crippen LogP contribution in [0.1, 0.15) is 18.9 Å². The molecule has 0 aromatic heterocycles. The molecule has 1 aromatic rings. The second-order valence-electron chi connectivity index (χ2n) is 3.29. The molecule has 0 unspecified atom stereocenters. The van der Waals surface area contributed by atoms with E-state index in [1.165, 1.54) is 11.1 Å². The van der Waals surface area contributed by atoms with Crippen molar-refractivity contribution in [3.05, 3.63) is 60.7 Å². The third-order valence-corrected chi connectivity index (χ3v) is 2.21. The van der Waals surface area contributed by atoms with Crippen molar-refractivity contribution < 1.29 is 0 Å². The van der Waals surface area contributed by atoms with Crippen LogP contribution in [-0.2, 0) is 0 Å². The van der Waals surface area contributed by atoms with E-state index in [9.17, 15) is 0 Å². The first-order valence-corrected chi connectivity index (χ1v) is 5.12. The van der Waals surface area contributed by atoms with E-state index in [1.807, 2.05) is 36.4 Å². The smallest absolute Gasteiger partial charge is 0.0314 e. The van der Waals surface area contributed by atoms with E-state index in [0.717, 1.165) is 12.1 Å².